The quantitative estimate of drug-likeness (QED) is 0.462. The molecule has 0 fully saturated rings. The third-order valence-corrected chi connectivity index (χ3v) is 4.93. The molecule has 1 N–H and O–H groups in total. The molecule has 1 aliphatic heterocycles. The molecule has 7 heteroatoms. The Morgan fingerprint density at radius 3 is 2.32 bits per heavy atom. The number of allylic oxidation sites excluding steroid dienone is 1. The number of carboxylic acids is 1. The normalized spacial score (nSPS) is 12.8. The number of aliphatic carboxylic acids is 1. The molecule has 0 bridgehead atoms. The molecule has 0 radical (unpaired) electrons. The number of Topliss-reactive ketones (excluding diaryl/α,β-unsaturated/α-hetero) is 1. The lowest BCUT2D eigenvalue weighted by Crippen LogP contribution is -2.14. The molecule has 0 saturated heterocycles. The Balaban J connectivity index is 1.86. The lowest BCUT2D eigenvalue weighted by molar-refractivity contribution is -0.130. The standard InChI is InChI=1S/C24H19NO6/c1-29-18-5-2-16(3-6-18)23(26)19(12-15-8-10-25-11-9-15)22(24(27)28)17-4-7-20-21(13-17)31-14-30-20/h2-11,13H,12,14H2,1H3,(H,27,28)/b22-19+. The van der Waals surface area contributed by atoms with E-state index in [2.05, 4.69) is 4.98 Å². The number of fused-ring (bicyclic) bond motifs is 1. The molecule has 31 heavy (non-hydrogen) atoms. The van der Waals surface area contributed by atoms with Gasteiger partial charge >= 0.3 is 5.97 Å². The number of carboxylic acid groups (broad SMARTS) is 1. The van der Waals surface area contributed by atoms with Crippen molar-refractivity contribution in [2.45, 2.75) is 6.42 Å². The minimum atomic E-state index is -1.20. The molecule has 2 heterocycles. The summed E-state index contributed by atoms with van der Waals surface area (Å²) in [4.78, 5) is 29.8. The molecular weight excluding hydrogens is 398 g/mol. The largest absolute Gasteiger partial charge is 0.497 e. The Hall–Kier alpha value is -4.13. The highest BCUT2D eigenvalue weighted by Gasteiger charge is 2.25. The number of carbonyl (C=O) groups excluding carboxylic acids is 1. The van der Waals surface area contributed by atoms with E-state index in [1.807, 2.05) is 0 Å². The molecule has 7 nitrogen and oxygen atoms in total. The maximum atomic E-state index is 13.5. The van der Waals surface area contributed by atoms with Gasteiger partial charge in [0.25, 0.3) is 0 Å². The highest BCUT2D eigenvalue weighted by Crippen LogP contribution is 2.36. The van der Waals surface area contributed by atoms with Crippen LogP contribution in [0.4, 0.5) is 0 Å². The molecule has 0 saturated carbocycles. The SMILES string of the molecule is COc1ccc(C(=O)/C(Cc2ccncc2)=C(/C(=O)O)c2ccc3c(c2)OCO3)cc1. The monoisotopic (exact) mass is 417 g/mol. The fourth-order valence-electron chi connectivity index (χ4n) is 3.38. The molecule has 0 aliphatic carbocycles. The van der Waals surface area contributed by atoms with Crippen molar-refractivity contribution < 1.29 is 28.9 Å². The average molecular weight is 417 g/mol. The summed E-state index contributed by atoms with van der Waals surface area (Å²) in [5.74, 6) is -0.00758. The fraction of sp³-hybridized carbons (Fsp3) is 0.125. The molecule has 0 amide bonds. The van der Waals surface area contributed by atoms with Crippen LogP contribution in [-0.4, -0.2) is 35.7 Å². The fourth-order valence-corrected chi connectivity index (χ4v) is 3.38. The second kappa shape index (κ2) is 8.71. The number of hydrogen-bond donors (Lipinski definition) is 1. The number of hydrogen-bond acceptors (Lipinski definition) is 6. The van der Waals surface area contributed by atoms with Crippen LogP contribution in [0.15, 0.2) is 72.6 Å². The first kappa shape index (κ1) is 20.2. The van der Waals surface area contributed by atoms with Crippen molar-refractivity contribution in [1.82, 2.24) is 4.98 Å². The summed E-state index contributed by atoms with van der Waals surface area (Å²) < 4.78 is 15.9. The summed E-state index contributed by atoms with van der Waals surface area (Å²) in [5, 5.41) is 10.1. The molecule has 1 aromatic heterocycles. The van der Waals surface area contributed by atoms with Gasteiger partial charge in [-0.05, 0) is 59.7 Å². The first-order valence-electron chi connectivity index (χ1n) is 9.51. The van der Waals surface area contributed by atoms with Crippen LogP contribution in [0.25, 0.3) is 5.57 Å². The number of ether oxygens (including phenoxy) is 3. The Labute approximate surface area is 178 Å². The summed E-state index contributed by atoms with van der Waals surface area (Å²) in [6.45, 7) is 0.0690. The van der Waals surface area contributed by atoms with Crippen LogP contribution in [0.5, 0.6) is 17.2 Å². The Morgan fingerprint density at radius 1 is 0.968 bits per heavy atom. The van der Waals surface area contributed by atoms with Crippen molar-refractivity contribution >= 4 is 17.3 Å². The van der Waals surface area contributed by atoms with Gasteiger partial charge < -0.3 is 19.3 Å². The maximum Gasteiger partial charge on any atom is 0.336 e. The topological polar surface area (TPSA) is 95.0 Å². The molecular formula is C24H19NO6. The van der Waals surface area contributed by atoms with E-state index in [4.69, 9.17) is 14.2 Å². The molecule has 2 aromatic carbocycles. The second-order valence-electron chi connectivity index (χ2n) is 6.82. The summed E-state index contributed by atoms with van der Waals surface area (Å²) >= 11 is 0. The van der Waals surface area contributed by atoms with Gasteiger partial charge in [0.2, 0.25) is 6.79 Å². The zero-order chi connectivity index (χ0) is 21.8. The average Bonchev–Trinajstić information content (AvgIpc) is 3.27. The zero-order valence-corrected chi connectivity index (χ0v) is 16.7. The maximum absolute atomic E-state index is 13.5. The minimum absolute atomic E-state index is 0.0690. The van der Waals surface area contributed by atoms with Crippen molar-refractivity contribution in [2.75, 3.05) is 13.9 Å². The Kier molecular flexibility index (Phi) is 5.66. The van der Waals surface area contributed by atoms with Gasteiger partial charge in [-0.25, -0.2) is 4.79 Å². The van der Waals surface area contributed by atoms with Crippen LogP contribution in [-0.2, 0) is 11.2 Å². The van der Waals surface area contributed by atoms with Crippen molar-refractivity contribution in [3.05, 3.63) is 89.3 Å². The lowest BCUT2D eigenvalue weighted by Gasteiger charge is -2.14. The number of rotatable bonds is 7. The molecule has 0 unspecified atom stereocenters. The molecule has 0 spiro atoms. The third kappa shape index (κ3) is 4.25. The predicted molar refractivity (Wildman–Crippen MR) is 112 cm³/mol. The first-order chi connectivity index (χ1) is 15.1. The Bertz CT molecular complexity index is 1150. The number of benzene rings is 2. The number of pyridine rings is 1. The Morgan fingerprint density at radius 2 is 1.65 bits per heavy atom. The molecule has 4 rings (SSSR count). The number of aromatic nitrogens is 1. The smallest absolute Gasteiger partial charge is 0.336 e. The van der Waals surface area contributed by atoms with Gasteiger partial charge in [0.15, 0.2) is 17.3 Å². The molecule has 3 aromatic rings. The minimum Gasteiger partial charge on any atom is -0.497 e. The summed E-state index contributed by atoms with van der Waals surface area (Å²) in [7, 11) is 1.54. The summed E-state index contributed by atoms with van der Waals surface area (Å²) in [6.07, 6.45) is 3.33. The van der Waals surface area contributed by atoms with Gasteiger partial charge in [0.05, 0.1) is 12.7 Å². The van der Waals surface area contributed by atoms with Crippen LogP contribution in [0, 0.1) is 0 Å². The van der Waals surface area contributed by atoms with Gasteiger partial charge in [0, 0.05) is 30.0 Å². The van der Waals surface area contributed by atoms with Gasteiger partial charge in [-0.3, -0.25) is 9.78 Å². The number of methoxy groups -OCH3 is 1. The van der Waals surface area contributed by atoms with Crippen molar-refractivity contribution in [2.24, 2.45) is 0 Å². The van der Waals surface area contributed by atoms with E-state index in [1.165, 1.54) is 7.11 Å². The van der Waals surface area contributed by atoms with Crippen LogP contribution in [0.3, 0.4) is 0 Å². The number of nitrogens with zero attached hydrogens (tertiary/aromatic N) is 1. The van der Waals surface area contributed by atoms with Crippen molar-refractivity contribution in [3.8, 4) is 17.2 Å². The molecule has 0 atom stereocenters. The van der Waals surface area contributed by atoms with Crippen LogP contribution < -0.4 is 14.2 Å². The van der Waals surface area contributed by atoms with E-state index in [0.29, 0.717) is 28.4 Å². The highest BCUT2D eigenvalue weighted by molar-refractivity contribution is 6.26. The van der Waals surface area contributed by atoms with Gasteiger partial charge in [-0.15, -0.1) is 0 Å². The van der Waals surface area contributed by atoms with Crippen LogP contribution >= 0.6 is 0 Å². The van der Waals surface area contributed by atoms with E-state index >= 15 is 0 Å². The van der Waals surface area contributed by atoms with Gasteiger partial charge in [-0.1, -0.05) is 6.07 Å². The van der Waals surface area contributed by atoms with Crippen molar-refractivity contribution in [3.63, 3.8) is 0 Å². The van der Waals surface area contributed by atoms with Gasteiger partial charge in [-0.2, -0.15) is 0 Å². The van der Waals surface area contributed by atoms with Gasteiger partial charge in [0.1, 0.15) is 5.75 Å². The van der Waals surface area contributed by atoms with Crippen molar-refractivity contribution in [1.29, 1.82) is 0 Å². The van der Waals surface area contributed by atoms with Crippen LogP contribution in [0.1, 0.15) is 21.5 Å². The second-order valence-corrected chi connectivity index (χ2v) is 6.82. The summed E-state index contributed by atoms with van der Waals surface area (Å²) in [5.41, 5.74) is 1.57. The third-order valence-electron chi connectivity index (χ3n) is 4.93. The van der Waals surface area contributed by atoms with Crippen LogP contribution in [0.2, 0.25) is 0 Å². The van der Waals surface area contributed by atoms with E-state index < -0.39 is 5.97 Å². The zero-order valence-electron chi connectivity index (χ0n) is 16.7. The lowest BCUT2D eigenvalue weighted by atomic mass is 9.89. The van der Waals surface area contributed by atoms with E-state index in [0.717, 1.165) is 5.56 Å². The first-order valence-corrected chi connectivity index (χ1v) is 9.51. The summed E-state index contributed by atoms with van der Waals surface area (Å²) in [6, 6.07) is 14.9. The highest BCUT2D eigenvalue weighted by atomic mass is 16.7. The van der Waals surface area contributed by atoms with E-state index in [9.17, 15) is 14.7 Å². The van der Waals surface area contributed by atoms with E-state index in [-0.39, 0.29) is 30.1 Å². The molecule has 1 aliphatic rings. The van der Waals surface area contributed by atoms with E-state index in [1.54, 1.807) is 67.0 Å². The number of carbonyl (C=O) groups is 2. The number of ketones is 1. The predicted octanol–water partition coefficient (Wildman–Crippen LogP) is 3.78. The molecule has 156 valence electrons.